The van der Waals surface area contributed by atoms with Gasteiger partial charge in [0.05, 0.1) is 10.6 Å². The number of rotatable bonds is 3. The van der Waals surface area contributed by atoms with Gasteiger partial charge in [-0.15, -0.1) is 11.6 Å². The van der Waals surface area contributed by atoms with Gasteiger partial charge < -0.3 is 9.80 Å². The largest absolute Gasteiger partial charge is 0.337 e. The van der Waals surface area contributed by atoms with Gasteiger partial charge in [0.25, 0.3) is 5.91 Å². The van der Waals surface area contributed by atoms with E-state index in [-0.39, 0.29) is 5.91 Å². The van der Waals surface area contributed by atoms with E-state index in [0.717, 1.165) is 44.7 Å². The lowest BCUT2D eigenvalue weighted by Crippen LogP contribution is -2.35. The molecule has 0 aromatic heterocycles. The predicted molar refractivity (Wildman–Crippen MR) is 83.9 cm³/mol. The normalized spacial score (nSPS) is 17.1. The number of aryl methyl sites for hydroxylation is 1. The fourth-order valence-corrected chi connectivity index (χ4v) is 3.04. The van der Waals surface area contributed by atoms with E-state index in [1.54, 1.807) is 0 Å². The smallest absolute Gasteiger partial charge is 0.255 e. The molecule has 5 heteroatoms. The Hall–Kier alpha value is -0.770. The minimum atomic E-state index is 0.0303. The van der Waals surface area contributed by atoms with Crippen LogP contribution in [0.15, 0.2) is 18.2 Å². The third-order valence-corrected chi connectivity index (χ3v) is 4.11. The van der Waals surface area contributed by atoms with Gasteiger partial charge in [-0.2, -0.15) is 0 Å². The van der Waals surface area contributed by atoms with Gasteiger partial charge in [-0.1, -0.05) is 17.7 Å². The predicted octanol–water partition coefficient (Wildman–Crippen LogP) is 3.04. The van der Waals surface area contributed by atoms with Crippen LogP contribution in [0.1, 0.15) is 22.3 Å². The van der Waals surface area contributed by atoms with Crippen molar-refractivity contribution in [2.75, 3.05) is 38.6 Å². The summed E-state index contributed by atoms with van der Waals surface area (Å²) in [6.07, 6.45) is 0.978. The summed E-state index contributed by atoms with van der Waals surface area (Å²) in [5, 5.41) is 0.539. The molecule has 0 atom stereocenters. The van der Waals surface area contributed by atoms with Crippen LogP contribution >= 0.6 is 23.2 Å². The van der Waals surface area contributed by atoms with Crippen LogP contribution < -0.4 is 0 Å². The topological polar surface area (TPSA) is 23.6 Å². The SMILES string of the molecule is Cc1ccc(C(=O)N2CCCN(CCCl)CC2)c(Cl)c1. The number of carbonyl (C=O) groups excluding carboxylic acids is 1. The van der Waals surface area contributed by atoms with Crippen molar-refractivity contribution < 1.29 is 4.79 Å². The maximum absolute atomic E-state index is 12.5. The molecule has 0 aliphatic carbocycles. The van der Waals surface area contributed by atoms with Gasteiger partial charge in [0.15, 0.2) is 0 Å². The molecule has 1 aliphatic heterocycles. The molecule has 1 heterocycles. The zero-order chi connectivity index (χ0) is 14.5. The highest BCUT2D eigenvalue weighted by Gasteiger charge is 2.21. The highest BCUT2D eigenvalue weighted by atomic mass is 35.5. The molecule has 1 aromatic carbocycles. The van der Waals surface area contributed by atoms with Crippen molar-refractivity contribution in [2.45, 2.75) is 13.3 Å². The van der Waals surface area contributed by atoms with Crippen molar-refractivity contribution in [3.8, 4) is 0 Å². The molecule has 0 bridgehead atoms. The van der Waals surface area contributed by atoms with E-state index in [2.05, 4.69) is 4.90 Å². The van der Waals surface area contributed by atoms with Crippen molar-refractivity contribution in [3.63, 3.8) is 0 Å². The van der Waals surface area contributed by atoms with E-state index in [9.17, 15) is 4.79 Å². The molecule has 3 nitrogen and oxygen atoms in total. The molecule has 1 amide bonds. The summed E-state index contributed by atoms with van der Waals surface area (Å²) in [4.78, 5) is 16.7. The summed E-state index contributed by atoms with van der Waals surface area (Å²) in [7, 11) is 0. The first-order valence-corrected chi connectivity index (χ1v) is 7.87. The Labute approximate surface area is 130 Å². The third kappa shape index (κ3) is 3.87. The van der Waals surface area contributed by atoms with Gasteiger partial charge in [0.2, 0.25) is 0 Å². The molecule has 20 heavy (non-hydrogen) atoms. The van der Waals surface area contributed by atoms with Gasteiger partial charge in [0.1, 0.15) is 0 Å². The second-order valence-corrected chi connectivity index (χ2v) is 5.94. The molecule has 1 aliphatic rings. The zero-order valence-corrected chi connectivity index (χ0v) is 13.3. The molecule has 0 N–H and O–H groups in total. The Morgan fingerprint density at radius 2 is 2.05 bits per heavy atom. The van der Waals surface area contributed by atoms with Crippen LogP contribution in [0.4, 0.5) is 0 Å². The molecular formula is C15H20Cl2N2O. The number of hydrogen-bond donors (Lipinski definition) is 0. The summed E-state index contributed by atoms with van der Waals surface area (Å²) in [5.74, 6) is 0.667. The first kappa shape index (κ1) is 15.6. The van der Waals surface area contributed by atoms with Gasteiger partial charge in [-0.05, 0) is 37.6 Å². The summed E-state index contributed by atoms with van der Waals surface area (Å²) < 4.78 is 0. The minimum Gasteiger partial charge on any atom is -0.337 e. The Bertz CT molecular complexity index is 479. The van der Waals surface area contributed by atoms with E-state index in [0.29, 0.717) is 16.5 Å². The summed E-state index contributed by atoms with van der Waals surface area (Å²) in [6, 6.07) is 5.59. The van der Waals surface area contributed by atoms with Crippen molar-refractivity contribution in [1.82, 2.24) is 9.80 Å². The molecule has 1 aromatic rings. The van der Waals surface area contributed by atoms with Crippen LogP contribution in [0.2, 0.25) is 5.02 Å². The zero-order valence-electron chi connectivity index (χ0n) is 11.7. The monoisotopic (exact) mass is 314 g/mol. The fraction of sp³-hybridized carbons (Fsp3) is 0.533. The molecule has 1 fully saturated rings. The van der Waals surface area contributed by atoms with E-state index in [4.69, 9.17) is 23.2 Å². The summed E-state index contributed by atoms with van der Waals surface area (Å²) in [5.41, 5.74) is 1.67. The Morgan fingerprint density at radius 3 is 2.75 bits per heavy atom. The Morgan fingerprint density at radius 1 is 1.25 bits per heavy atom. The van der Waals surface area contributed by atoms with E-state index in [1.807, 2.05) is 30.0 Å². The maximum Gasteiger partial charge on any atom is 0.255 e. The van der Waals surface area contributed by atoms with Crippen molar-refractivity contribution in [2.24, 2.45) is 0 Å². The number of hydrogen-bond acceptors (Lipinski definition) is 2. The number of benzene rings is 1. The Kier molecular flexibility index (Phi) is 5.70. The molecule has 0 spiro atoms. The summed E-state index contributed by atoms with van der Waals surface area (Å²) >= 11 is 12.0. The van der Waals surface area contributed by atoms with Gasteiger partial charge >= 0.3 is 0 Å². The van der Waals surface area contributed by atoms with E-state index >= 15 is 0 Å². The first-order valence-electron chi connectivity index (χ1n) is 6.95. The van der Waals surface area contributed by atoms with Crippen LogP contribution in [0.25, 0.3) is 0 Å². The number of halogens is 2. The lowest BCUT2D eigenvalue weighted by Gasteiger charge is -2.22. The van der Waals surface area contributed by atoms with Crippen LogP contribution in [-0.4, -0.2) is 54.3 Å². The van der Waals surface area contributed by atoms with Gasteiger partial charge in [-0.3, -0.25) is 4.79 Å². The number of alkyl halides is 1. The number of nitrogens with zero attached hydrogens (tertiary/aromatic N) is 2. The fourth-order valence-electron chi connectivity index (χ4n) is 2.48. The van der Waals surface area contributed by atoms with Crippen LogP contribution in [-0.2, 0) is 0 Å². The minimum absolute atomic E-state index is 0.0303. The quantitative estimate of drug-likeness (QED) is 0.801. The second-order valence-electron chi connectivity index (χ2n) is 5.16. The lowest BCUT2D eigenvalue weighted by atomic mass is 10.1. The summed E-state index contributed by atoms with van der Waals surface area (Å²) in [6.45, 7) is 6.24. The molecule has 110 valence electrons. The average molecular weight is 315 g/mol. The highest BCUT2D eigenvalue weighted by molar-refractivity contribution is 6.33. The Balaban J connectivity index is 2.05. The number of carbonyl (C=O) groups is 1. The van der Waals surface area contributed by atoms with Crippen molar-refractivity contribution in [3.05, 3.63) is 34.3 Å². The van der Waals surface area contributed by atoms with Gasteiger partial charge in [0, 0.05) is 32.1 Å². The van der Waals surface area contributed by atoms with Crippen LogP contribution in [0.3, 0.4) is 0 Å². The van der Waals surface area contributed by atoms with Crippen molar-refractivity contribution in [1.29, 1.82) is 0 Å². The van der Waals surface area contributed by atoms with E-state index in [1.165, 1.54) is 0 Å². The molecule has 2 rings (SSSR count). The second kappa shape index (κ2) is 7.30. The lowest BCUT2D eigenvalue weighted by molar-refractivity contribution is 0.0762. The average Bonchev–Trinajstić information content (AvgIpc) is 2.64. The van der Waals surface area contributed by atoms with Crippen LogP contribution in [0, 0.1) is 6.92 Å². The maximum atomic E-state index is 12.5. The van der Waals surface area contributed by atoms with Crippen LogP contribution in [0.5, 0.6) is 0 Å². The molecule has 0 radical (unpaired) electrons. The third-order valence-electron chi connectivity index (χ3n) is 3.63. The molecule has 0 saturated carbocycles. The standard InChI is InChI=1S/C15H20Cl2N2O/c1-12-3-4-13(14(17)11-12)15(20)19-7-2-6-18(8-5-16)9-10-19/h3-4,11H,2,5-10H2,1H3. The highest BCUT2D eigenvalue weighted by Crippen LogP contribution is 2.20. The molecule has 1 saturated heterocycles. The number of amides is 1. The first-order chi connectivity index (χ1) is 9.61. The van der Waals surface area contributed by atoms with E-state index < -0.39 is 0 Å². The van der Waals surface area contributed by atoms with Crippen molar-refractivity contribution >= 4 is 29.1 Å². The van der Waals surface area contributed by atoms with Gasteiger partial charge in [-0.25, -0.2) is 0 Å². The molecule has 0 unspecified atom stereocenters. The molecular weight excluding hydrogens is 295 g/mol.